The largest absolute Gasteiger partial charge is 0.512 e. The predicted molar refractivity (Wildman–Crippen MR) is 64.2 cm³/mol. The van der Waals surface area contributed by atoms with E-state index in [4.69, 9.17) is 0 Å². The molecule has 0 aliphatic rings. The van der Waals surface area contributed by atoms with Crippen LogP contribution in [-0.2, 0) is 9.59 Å². The zero-order valence-corrected chi connectivity index (χ0v) is 10.6. The lowest BCUT2D eigenvalue weighted by Gasteiger charge is -2.25. The van der Waals surface area contributed by atoms with Gasteiger partial charge in [-0.3, -0.25) is 4.79 Å². The van der Waals surface area contributed by atoms with Crippen molar-refractivity contribution in [1.29, 1.82) is 0 Å². The first-order valence-corrected chi connectivity index (χ1v) is 5.29. The molecule has 0 spiro atoms. The Bertz CT molecular complexity index is 342. The van der Waals surface area contributed by atoms with Crippen LogP contribution in [0.5, 0.6) is 0 Å². The van der Waals surface area contributed by atoms with Crippen molar-refractivity contribution in [2.45, 2.75) is 41.0 Å². The zero-order chi connectivity index (χ0) is 12.9. The van der Waals surface area contributed by atoms with E-state index in [0.29, 0.717) is 11.1 Å². The van der Waals surface area contributed by atoms with E-state index in [-0.39, 0.29) is 18.0 Å². The molecule has 0 aliphatic heterocycles. The van der Waals surface area contributed by atoms with Gasteiger partial charge in [-0.2, -0.15) is 0 Å². The van der Waals surface area contributed by atoms with Crippen molar-refractivity contribution in [3.8, 4) is 0 Å². The van der Waals surface area contributed by atoms with Gasteiger partial charge in [0.1, 0.15) is 6.29 Å². The van der Waals surface area contributed by atoms with Crippen LogP contribution in [0.25, 0.3) is 0 Å². The molecule has 0 saturated heterocycles. The standard InChI is InChI=1S/C13H20O3/c1-6-11(13(4,5)7-8-14)12(16)9(2)10(3)15/h6,8,15H,7H2,1-5H3/b10-9?,11-6-. The van der Waals surface area contributed by atoms with Gasteiger partial charge in [0.2, 0.25) is 0 Å². The van der Waals surface area contributed by atoms with Crippen LogP contribution in [0, 0.1) is 5.41 Å². The molecule has 0 rings (SSSR count). The average molecular weight is 224 g/mol. The van der Waals surface area contributed by atoms with Crippen LogP contribution < -0.4 is 0 Å². The van der Waals surface area contributed by atoms with Crippen LogP contribution >= 0.6 is 0 Å². The number of aliphatic hydroxyl groups excluding tert-OH is 1. The fourth-order valence-corrected chi connectivity index (χ4v) is 1.51. The number of hydrogen-bond acceptors (Lipinski definition) is 3. The molecule has 0 aromatic heterocycles. The van der Waals surface area contributed by atoms with E-state index >= 15 is 0 Å². The minimum absolute atomic E-state index is 0.0197. The second-order valence-electron chi connectivity index (χ2n) is 4.50. The molecule has 0 atom stereocenters. The summed E-state index contributed by atoms with van der Waals surface area (Å²) in [4.78, 5) is 22.6. The van der Waals surface area contributed by atoms with Crippen LogP contribution in [0.15, 0.2) is 23.0 Å². The molecular weight excluding hydrogens is 204 g/mol. The molecule has 3 nitrogen and oxygen atoms in total. The summed E-state index contributed by atoms with van der Waals surface area (Å²) in [6.07, 6.45) is 2.80. The summed E-state index contributed by atoms with van der Waals surface area (Å²) in [5.74, 6) is -0.180. The van der Waals surface area contributed by atoms with Crippen molar-refractivity contribution >= 4 is 12.1 Å². The predicted octanol–water partition coefficient (Wildman–Crippen LogP) is 2.97. The molecule has 0 saturated carbocycles. The number of Topliss-reactive ketones (excluding diaryl/α,β-unsaturated/α-hetero) is 1. The van der Waals surface area contributed by atoms with Gasteiger partial charge in [0.15, 0.2) is 5.78 Å². The molecule has 1 N–H and O–H groups in total. The smallest absolute Gasteiger partial charge is 0.188 e. The van der Waals surface area contributed by atoms with Gasteiger partial charge in [-0.1, -0.05) is 19.9 Å². The molecule has 16 heavy (non-hydrogen) atoms. The van der Waals surface area contributed by atoms with Crippen LogP contribution in [0.3, 0.4) is 0 Å². The van der Waals surface area contributed by atoms with E-state index in [0.717, 1.165) is 6.29 Å². The fraction of sp³-hybridized carbons (Fsp3) is 0.538. The molecule has 0 bridgehead atoms. The number of hydrogen-bond donors (Lipinski definition) is 1. The van der Waals surface area contributed by atoms with Crippen molar-refractivity contribution in [2.75, 3.05) is 0 Å². The van der Waals surface area contributed by atoms with Gasteiger partial charge in [0.05, 0.1) is 5.76 Å². The molecule has 0 unspecified atom stereocenters. The third-order valence-corrected chi connectivity index (χ3v) is 2.74. The first kappa shape index (κ1) is 14.6. The summed E-state index contributed by atoms with van der Waals surface area (Å²) in [5.41, 5.74) is 0.391. The molecule has 90 valence electrons. The Morgan fingerprint density at radius 2 is 1.81 bits per heavy atom. The molecule has 0 aromatic rings. The fourth-order valence-electron chi connectivity index (χ4n) is 1.51. The van der Waals surface area contributed by atoms with Crippen molar-refractivity contribution in [3.63, 3.8) is 0 Å². The molecule has 0 aromatic carbocycles. The highest BCUT2D eigenvalue weighted by molar-refractivity contribution is 6.08. The summed E-state index contributed by atoms with van der Waals surface area (Å²) < 4.78 is 0. The summed E-state index contributed by atoms with van der Waals surface area (Å²) in [6.45, 7) is 8.51. The van der Waals surface area contributed by atoms with Crippen LogP contribution in [0.2, 0.25) is 0 Å². The first-order valence-electron chi connectivity index (χ1n) is 5.29. The lowest BCUT2D eigenvalue weighted by atomic mass is 9.78. The number of ketones is 1. The number of rotatable bonds is 5. The zero-order valence-electron chi connectivity index (χ0n) is 10.6. The molecule has 0 amide bonds. The quantitative estimate of drug-likeness (QED) is 0.443. The van der Waals surface area contributed by atoms with E-state index in [1.54, 1.807) is 19.9 Å². The number of allylic oxidation sites excluding steroid dienone is 4. The van der Waals surface area contributed by atoms with E-state index in [1.807, 2.05) is 13.8 Å². The average Bonchev–Trinajstić information content (AvgIpc) is 2.16. The van der Waals surface area contributed by atoms with E-state index in [1.165, 1.54) is 6.92 Å². The Labute approximate surface area is 96.9 Å². The highest BCUT2D eigenvalue weighted by atomic mass is 16.3. The molecule has 0 radical (unpaired) electrons. The van der Waals surface area contributed by atoms with E-state index < -0.39 is 5.41 Å². The minimum Gasteiger partial charge on any atom is -0.512 e. The Hall–Kier alpha value is -1.38. The maximum atomic E-state index is 12.0. The maximum Gasteiger partial charge on any atom is 0.188 e. The van der Waals surface area contributed by atoms with Crippen molar-refractivity contribution < 1.29 is 14.7 Å². The Kier molecular flexibility index (Phi) is 5.15. The number of aldehydes is 1. The third-order valence-electron chi connectivity index (χ3n) is 2.74. The van der Waals surface area contributed by atoms with Crippen molar-refractivity contribution in [3.05, 3.63) is 23.0 Å². The Morgan fingerprint density at radius 1 is 1.31 bits per heavy atom. The van der Waals surface area contributed by atoms with Crippen molar-refractivity contribution in [1.82, 2.24) is 0 Å². The highest BCUT2D eigenvalue weighted by Crippen LogP contribution is 2.31. The molecule has 0 heterocycles. The van der Waals surface area contributed by atoms with Gasteiger partial charge in [-0.25, -0.2) is 0 Å². The van der Waals surface area contributed by atoms with Crippen LogP contribution in [0.4, 0.5) is 0 Å². The second-order valence-corrected chi connectivity index (χ2v) is 4.50. The molecule has 0 fully saturated rings. The third kappa shape index (κ3) is 3.33. The monoisotopic (exact) mass is 224 g/mol. The Balaban J connectivity index is 5.28. The molecule has 3 heteroatoms. The topological polar surface area (TPSA) is 54.4 Å². The van der Waals surface area contributed by atoms with Crippen LogP contribution in [0.1, 0.15) is 41.0 Å². The number of carbonyl (C=O) groups is 2. The summed E-state index contributed by atoms with van der Waals surface area (Å²) >= 11 is 0. The lowest BCUT2D eigenvalue weighted by molar-refractivity contribution is -0.113. The van der Waals surface area contributed by atoms with Gasteiger partial charge in [-0.15, -0.1) is 0 Å². The SMILES string of the molecule is C/C=C(/C(=O)C(C)=C(C)O)C(C)(C)CC=O. The molecular formula is C13H20O3. The summed E-state index contributed by atoms with van der Waals surface area (Å²) in [7, 11) is 0. The van der Waals surface area contributed by atoms with Gasteiger partial charge in [-0.05, 0) is 26.2 Å². The van der Waals surface area contributed by atoms with Gasteiger partial charge < -0.3 is 9.90 Å². The normalized spacial score (nSPS) is 14.4. The van der Waals surface area contributed by atoms with Crippen LogP contribution in [-0.4, -0.2) is 17.2 Å². The highest BCUT2D eigenvalue weighted by Gasteiger charge is 2.28. The summed E-state index contributed by atoms with van der Waals surface area (Å²) in [5, 5.41) is 9.29. The Morgan fingerprint density at radius 3 is 2.12 bits per heavy atom. The minimum atomic E-state index is -0.496. The van der Waals surface area contributed by atoms with E-state index in [9.17, 15) is 14.7 Å². The van der Waals surface area contributed by atoms with Gasteiger partial charge in [0, 0.05) is 17.6 Å². The van der Waals surface area contributed by atoms with Gasteiger partial charge >= 0.3 is 0 Å². The lowest BCUT2D eigenvalue weighted by Crippen LogP contribution is -2.23. The number of carbonyl (C=O) groups excluding carboxylic acids is 2. The van der Waals surface area contributed by atoms with E-state index in [2.05, 4.69) is 0 Å². The molecule has 0 aliphatic carbocycles. The van der Waals surface area contributed by atoms with Crippen molar-refractivity contribution in [2.24, 2.45) is 5.41 Å². The summed E-state index contributed by atoms with van der Waals surface area (Å²) in [6, 6.07) is 0. The van der Waals surface area contributed by atoms with Gasteiger partial charge in [0.25, 0.3) is 0 Å². The number of aliphatic hydroxyl groups is 1. The maximum absolute atomic E-state index is 12.0. The second kappa shape index (κ2) is 5.64. The first-order chi connectivity index (χ1) is 7.27.